The maximum absolute atomic E-state index is 11.7. The van der Waals surface area contributed by atoms with Gasteiger partial charge in [0.1, 0.15) is 0 Å². The molecule has 0 heterocycles. The highest BCUT2D eigenvalue weighted by atomic mass is 16.5. The molecule has 0 aliphatic rings. The van der Waals surface area contributed by atoms with Crippen molar-refractivity contribution in [2.75, 3.05) is 25.1 Å². The number of carbonyl (C=O) groups excluding carboxylic acids is 1. The van der Waals surface area contributed by atoms with Crippen LogP contribution in [0.5, 0.6) is 0 Å². The fraction of sp³-hybridized carbons (Fsp3) is 0.562. The van der Waals surface area contributed by atoms with Crippen molar-refractivity contribution >= 4 is 11.6 Å². The summed E-state index contributed by atoms with van der Waals surface area (Å²) in [5.41, 5.74) is 2.06. The molecule has 1 aromatic carbocycles. The highest BCUT2D eigenvalue weighted by Gasteiger charge is 2.02. The molecule has 4 heteroatoms. The first-order valence-electron chi connectivity index (χ1n) is 7.43. The number of hydrogen-bond acceptors (Lipinski definition) is 3. The van der Waals surface area contributed by atoms with E-state index in [1.165, 1.54) is 5.56 Å². The van der Waals surface area contributed by atoms with Crippen molar-refractivity contribution in [1.29, 1.82) is 0 Å². The smallest absolute Gasteiger partial charge is 0.226 e. The monoisotopic (exact) mass is 278 g/mol. The molecule has 0 aliphatic heterocycles. The molecule has 0 radical (unpaired) electrons. The lowest BCUT2D eigenvalue weighted by Gasteiger charge is -2.07. The Bertz CT molecular complexity index is 377. The fourth-order valence-electron chi connectivity index (χ4n) is 1.75. The zero-order valence-electron chi connectivity index (χ0n) is 12.6. The normalized spacial score (nSPS) is 10.5. The van der Waals surface area contributed by atoms with Gasteiger partial charge in [0.25, 0.3) is 0 Å². The standard InChI is InChI=1S/C16H26N2O2/c1-3-10-17-13-14-5-7-15(8-6-14)18-16(19)9-12-20-11-4-2/h5-8,17H,3-4,9-13H2,1-2H3,(H,18,19). The third kappa shape index (κ3) is 7.26. The number of ether oxygens (including phenoxy) is 1. The third-order valence-electron chi connectivity index (χ3n) is 2.82. The van der Waals surface area contributed by atoms with Crippen LogP contribution in [0.15, 0.2) is 24.3 Å². The fourth-order valence-corrected chi connectivity index (χ4v) is 1.75. The molecule has 0 aliphatic carbocycles. The van der Waals surface area contributed by atoms with E-state index in [0.29, 0.717) is 19.6 Å². The summed E-state index contributed by atoms with van der Waals surface area (Å²) in [6.07, 6.45) is 2.52. The number of amides is 1. The molecule has 0 spiro atoms. The molecule has 0 atom stereocenters. The van der Waals surface area contributed by atoms with E-state index in [4.69, 9.17) is 4.74 Å². The number of hydrogen-bond donors (Lipinski definition) is 2. The van der Waals surface area contributed by atoms with E-state index in [1.807, 2.05) is 24.3 Å². The van der Waals surface area contributed by atoms with Crippen LogP contribution >= 0.6 is 0 Å². The van der Waals surface area contributed by atoms with Gasteiger partial charge in [0, 0.05) is 18.8 Å². The van der Waals surface area contributed by atoms with Gasteiger partial charge in [0.05, 0.1) is 13.0 Å². The first kappa shape index (κ1) is 16.7. The molecule has 1 aromatic rings. The van der Waals surface area contributed by atoms with Crippen LogP contribution in [0.25, 0.3) is 0 Å². The second kappa shape index (κ2) is 10.4. The van der Waals surface area contributed by atoms with Gasteiger partial charge in [-0.05, 0) is 37.1 Å². The van der Waals surface area contributed by atoms with Crippen molar-refractivity contribution in [3.63, 3.8) is 0 Å². The van der Waals surface area contributed by atoms with E-state index in [9.17, 15) is 4.79 Å². The van der Waals surface area contributed by atoms with E-state index in [-0.39, 0.29) is 5.91 Å². The van der Waals surface area contributed by atoms with Crippen LogP contribution in [-0.2, 0) is 16.1 Å². The first-order chi connectivity index (χ1) is 9.76. The molecule has 0 aromatic heterocycles. The maximum Gasteiger partial charge on any atom is 0.226 e. The third-order valence-corrected chi connectivity index (χ3v) is 2.82. The predicted molar refractivity (Wildman–Crippen MR) is 82.8 cm³/mol. The lowest BCUT2D eigenvalue weighted by Crippen LogP contribution is -2.15. The summed E-state index contributed by atoms with van der Waals surface area (Å²) in [5, 5.41) is 6.22. The SMILES string of the molecule is CCCNCc1ccc(NC(=O)CCOCCC)cc1. The number of nitrogens with one attached hydrogen (secondary N) is 2. The Morgan fingerprint density at radius 2 is 1.85 bits per heavy atom. The van der Waals surface area contributed by atoms with Crippen LogP contribution in [0.2, 0.25) is 0 Å². The summed E-state index contributed by atoms with van der Waals surface area (Å²) in [4.78, 5) is 11.7. The van der Waals surface area contributed by atoms with Gasteiger partial charge in [-0.2, -0.15) is 0 Å². The molecule has 0 bridgehead atoms. The van der Waals surface area contributed by atoms with E-state index >= 15 is 0 Å². The lowest BCUT2D eigenvalue weighted by atomic mass is 10.2. The number of anilines is 1. The van der Waals surface area contributed by atoms with Crippen LogP contribution in [0.4, 0.5) is 5.69 Å². The van der Waals surface area contributed by atoms with E-state index < -0.39 is 0 Å². The summed E-state index contributed by atoms with van der Waals surface area (Å²) in [5.74, 6) is -0.00189. The molecular formula is C16H26N2O2. The predicted octanol–water partition coefficient (Wildman–Crippen LogP) is 2.94. The summed E-state index contributed by atoms with van der Waals surface area (Å²) < 4.78 is 5.30. The summed E-state index contributed by atoms with van der Waals surface area (Å²) in [6.45, 7) is 7.29. The maximum atomic E-state index is 11.7. The molecule has 0 unspecified atom stereocenters. The number of rotatable bonds is 10. The largest absolute Gasteiger partial charge is 0.381 e. The zero-order valence-corrected chi connectivity index (χ0v) is 12.6. The van der Waals surface area contributed by atoms with Crippen LogP contribution in [0.1, 0.15) is 38.7 Å². The Morgan fingerprint density at radius 1 is 1.10 bits per heavy atom. The van der Waals surface area contributed by atoms with Crippen molar-refractivity contribution in [3.05, 3.63) is 29.8 Å². The molecule has 4 nitrogen and oxygen atoms in total. The van der Waals surface area contributed by atoms with Crippen molar-refractivity contribution < 1.29 is 9.53 Å². The molecule has 1 rings (SSSR count). The van der Waals surface area contributed by atoms with Gasteiger partial charge in [-0.3, -0.25) is 4.79 Å². The Balaban J connectivity index is 2.27. The van der Waals surface area contributed by atoms with Crippen LogP contribution < -0.4 is 10.6 Å². The number of carbonyl (C=O) groups is 1. The second-order valence-corrected chi connectivity index (χ2v) is 4.78. The van der Waals surface area contributed by atoms with E-state index in [0.717, 1.165) is 31.6 Å². The van der Waals surface area contributed by atoms with Gasteiger partial charge < -0.3 is 15.4 Å². The second-order valence-electron chi connectivity index (χ2n) is 4.78. The van der Waals surface area contributed by atoms with Crippen LogP contribution in [0, 0.1) is 0 Å². The van der Waals surface area contributed by atoms with Gasteiger partial charge in [0.15, 0.2) is 0 Å². The number of benzene rings is 1. The summed E-state index contributed by atoms with van der Waals surface area (Å²) in [6, 6.07) is 7.94. The zero-order chi connectivity index (χ0) is 14.6. The molecular weight excluding hydrogens is 252 g/mol. The van der Waals surface area contributed by atoms with E-state index in [2.05, 4.69) is 24.5 Å². The van der Waals surface area contributed by atoms with Gasteiger partial charge in [-0.15, -0.1) is 0 Å². The Hall–Kier alpha value is -1.39. The molecule has 112 valence electrons. The van der Waals surface area contributed by atoms with Gasteiger partial charge >= 0.3 is 0 Å². The Kier molecular flexibility index (Phi) is 8.67. The van der Waals surface area contributed by atoms with Crippen molar-refractivity contribution in [1.82, 2.24) is 5.32 Å². The van der Waals surface area contributed by atoms with E-state index in [1.54, 1.807) is 0 Å². The molecule has 0 saturated heterocycles. The minimum absolute atomic E-state index is 0.00189. The summed E-state index contributed by atoms with van der Waals surface area (Å²) in [7, 11) is 0. The highest BCUT2D eigenvalue weighted by molar-refractivity contribution is 5.90. The topological polar surface area (TPSA) is 50.4 Å². The van der Waals surface area contributed by atoms with Gasteiger partial charge in [-0.1, -0.05) is 26.0 Å². The van der Waals surface area contributed by atoms with Crippen molar-refractivity contribution in [3.8, 4) is 0 Å². The minimum atomic E-state index is -0.00189. The molecule has 20 heavy (non-hydrogen) atoms. The van der Waals surface area contributed by atoms with Crippen LogP contribution in [-0.4, -0.2) is 25.7 Å². The Morgan fingerprint density at radius 3 is 2.50 bits per heavy atom. The quantitative estimate of drug-likeness (QED) is 0.647. The molecule has 0 fully saturated rings. The lowest BCUT2D eigenvalue weighted by molar-refractivity contribution is -0.117. The van der Waals surface area contributed by atoms with Crippen LogP contribution in [0.3, 0.4) is 0 Å². The molecule has 0 saturated carbocycles. The Labute approximate surface area is 121 Å². The average Bonchev–Trinajstić information content (AvgIpc) is 2.46. The highest BCUT2D eigenvalue weighted by Crippen LogP contribution is 2.09. The first-order valence-corrected chi connectivity index (χ1v) is 7.43. The average molecular weight is 278 g/mol. The van der Waals surface area contributed by atoms with Gasteiger partial charge in [-0.25, -0.2) is 0 Å². The molecule has 1 amide bonds. The molecule has 2 N–H and O–H groups in total. The summed E-state index contributed by atoms with van der Waals surface area (Å²) >= 11 is 0. The van der Waals surface area contributed by atoms with Crippen molar-refractivity contribution in [2.45, 2.75) is 39.7 Å². The van der Waals surface area contributed by atoms with Crippen molar-refractivity contribution in [2.24, 2.45) is 0 Å². The van der Waals surface area contributed by atoms with Gasteiger partial charge in [0.2, 0.25) is 5.91 Å². The minimum Gasteiger partial charge on any atom is -0.381 e.